The maximum Gasteiger partial charge on any atom is 0.0942 e. The lowest BCUT2D eigenvalue weighted by Crippen LogP contribution is -1.86. The number of halogens is 1. The van der Waals surface area contributed by atoms with Gasteiger partial charge in [0.25, 0.3) is 0 Å². The molecule has 2 N–H and O–H groups in total. The van der Waals surface area contributed by atoms with E-state index in [1.807, 2.05) is 12.1 Å². The van der Waals surface area contributed by atoms with Gasteiger partial charge in [0.05, 0.1) is 5.00 Å². The predicted octanol–water partition coefficient (Wildman–Crippen LogP) is 4.07. The number of aryl methyl sites for hydroxylation is 1. The Kier molecular flexibility index (Phi) is 2.72. The lowest BCUT2D eigenvalue weighted by atomic mass is 10.0. The van der Waals surface area contributed by atoms with E-state index in [4.69, 9.17) is 17.3 Å². The summed E-state index contributed by atoms with van der Waals surface area (Å²) in [5.41, 5.74) is 9.27. The number of anilines is 1. The van der Waals surface area contributed by atoms with Crippen LogP contribution in [0.2, 0.25) is 5.02 Å². The summed E-state index contributed by atoms with van der Waals surface area (Å²) < 4.78 is 0. The third-order valence-electron chi connectivity index (χ3n) is 2.50. The molecule has 2 aromatic rings. The van der Waals surface area contributed by atoms with Crippen LogP contribution < -0.4 is 5.73 Å². The third-order valence-corrected chi connectivity index (χ3v) is 3.84. The quantitative estimate of drug-likeness (QED) is 0.794. The Hall–Kier alpha value is -0.990. The van der Waals surface area contributed by atoms with Crippen molar-refractivity contribution in [1.29, 1.82) is 0 Å². The molecule has 1 aromatic carbocycles. The molecule has 15 heavy (non-hydrogen) atoms. The van der Waals surface area contributed by atoms with Crippen molar-refractivity contribution in [3.63, 3.8) is 0 Å². The largest absolute Gasteiger partial charge is 0.390 e. The average Bonchev–Trinajstić information content (AvgIpc) is 2.43. The first kappa shape index (κ1) is 10.5. The van der Waals surface area contributed by atoms with Crippen molar-refractivity contribution in [2.24, 2.45) is 0 Å². The van der Waals surface area contributed by atoms with E-state index in [0.29, 0.717) is 5.02 Å². The first-order chi connectivity index (χ1) is 7.11. The highest BCUT2D eigenvalue weighted by Gasteiger charge is 2.13. The number of benzene rings is 1. The van der Waals surface area contributed by atoms with Crippen LogP contribution in [0.25, 0.3) is 11.1 Å². The molecule has 2 rings (SSSR count). The molecule has 0 aliphatic rings. The minimum absolute atomic E-state index is 0.699. The molecular formula is C12H11ClNS. The summed E-state index contributed by atoms with van der Waals surface area (Å²) in [5, 5.41) is 1.53. The van der Waals surface area contributed by atoms with Gasteiger partial charge in [-0.15, -0.1) is 11.3 Å². The van der Waals surface area contributed by atoms with Crippen molar-refractivity contribution in [2.75, 3.05) is 5.73 Å². The molecule has 0 unspecified atom stereocenters. The van der Waals surface area contributed by atoms with Gasteiger partial charge in [-0.05, 0) is 31.5 Å². The van der Waals surface area contributed by atoms with Gasteiger partial charge in [-0.1, -0.05) is 23.7 Å². The SMILES string of the molecule is Cc1sc(N)c(-c2cc[c]cc2Cl)c1C. The highest BCUT2D eigenvalue weighted by Crippen LogP contribution is 2.40. The van der Waals surface area contributed by atoms with Gasteiger partial charge in [-0.3, -0.25) is 0 Å². The molecule has 0 saturated heterocycles. The molecule has 1 radical (unpaired) electrons. The molecule has 0 atom stereocenters. The van der Waals surface area contributed by atoms with Crippen LogP contribution in [0.3, 0.4) is 0 Å². The molecule has 1 aromatic heterocycles. The van der Waals surface area contributed by atoms with Crippen molar-refractivity contribution < 1.29 is 0 Å². The molecule has 0 fully saturated rings. The van der Waals surface area contributed by atoms with Crippen molar-refractivity contribution in [3.05, 3.63) is 39.7 Å². The molecule has 0 spiro atoms. The Bertz CT molecular complexity index is 502. The number of hydrogen-bond donors (Lipinski definition) is 1. The Labute approximate surface area is 98.5 Å². The fourth-order valence-electron chi connectivity index (χ4n) is 1.60. The van der Waals surface area contributed by atoms with E-state index in [0.717, 1.165) is 16.1 Å². The fourth-order valence-corrected chi connectivity index (χ4v) is 2.77. The zero-order chi connectivity index (χ0) is 11.0. The minimum Gasteiger partial charge on any atom is -0.390 e. The van der Waals surface area contributed by atoms with Crippen molar-refractivity contribution in [1.82, 2.24) is 0 Å². The molecule has 0 aliphatic carbocycles. The molecule has 77 valence electrons. The second-order valence-corrected chi connectivity index (χ2v) is 5.09. The molecule has 3 heteroatoms. The Balaban J connectivity index is 2.69. The van der Waals surface area contributed by atoms with Gasteiger partial charge >= 0.3 is 0 Å². The van der Waals surface area contributed by atoms with E-state index < -0.39 is 0 Å². The van der Waals surface area contributed by atoms with E-state index in [1.54, 1.807) is 17.4 Å². The molecule has 0 bridgehead atoms. The van der Waals surface area contributed by atoms with Crippen LogP contribution in [0.15, 0.2) is 18.2 Å². The van der Waals surface area contributed by atoms with Gasteiger partial charge < -0.3 is 5.73 Å². The lowest BCUT2D eigenvalue weighted by Gasteiger charge is -2.04. The first-order valence-corrected chi connectivity index (χ1v) is 5.82. The normalized spacial score (nSPS) is 10.6. The summed E-state index contributed by atoms with van der Waals surface area (Å²) in [4.78, 5) is 1.24. The maximum absolute atomic E-state index is 6.13. The van der Waals surface area contributed by atoms with E-state index in [-0.39, 0.29) is 0 Å². The number of nitrogen functional groups attached to an aromatic ring is 1. The van der Waals surface area contributed by atoms with Gasteiger partial charge in [0.15, 0.2) is 0 Å². The highest BCUT2D eigenvalue weighted by molar-refractivity contribution is 7.16. The van der Waals surface area contributed by atoms with Gasteiger partial charge in [0, 0.05) is 21.0 Å². The van der Waals surface area contributed by atoms with E-state index in [9.17, 15) is 0 Å². The van der Waals surface area contributed by atoms with Crippen molar-refractivity contribution in [3.8, 4) is 11.1 Å². The van der Waals surface area contributed by atoms with Gasteiger partial charge in [0.1, 0.15) is 0 Å². The number of rotatable bonds is 1. The maximum atomic E-state index is 6.13. The van der Waals surface area contributed by atoms with Gasteiger partial charge in [-0.2, -0.15) is 0 Å². The number of thiophene rings is 1. The highest BCUT2D eigenvalue weighted by atomic mass is 35.5. The zero-order valence-corrected chi connectivity index (χ0v) is 10.2. The molecular weight excluding hydrogens is 226 g/mol. The summed E-state index contributed by atoms with van der Waals surface area (Å²) in [6.45, 7) is 4.15. The summed E-state index contributed by atoms with van der Waals surface area (Å²) >= 11 is 7.74. The second-order valence-electron chi connectivity index (χ2n) is 3.43. The average molecular weight is 237 g/mol. The first-order valence-electron chi connectivity index (χ1n) is 4.62. The van der Waals surface area contributed by atoms with Gasteiger partial charge in [0.2, 0.25) is 0 Å². The predicted molar refractivity (Wildman–Crippen MR) is 67.5 cm³/mol. The molecule has 0 saturated carbocycles. The number of nitrogens with two attached hydrogens (primary N) is 1. The van der Waals surface area contributed by atoms with Crippen LogP contribution in [-0.2, 0) is 0 Å². The minimum atomic E-state index is 0.699. The van der Waals surface area contributed by atoms with Crippen LogP contribution in [0.5, 0.6) is 0 Å². The number of hydrogen-bond acceptors (Lipinski definition) is 2. The smallest absolute Gasteiger partial charge is 0.0942 e. The Morgan fingerprint density at radius 2 is 2.13 bits per heavy atom. The van der Waals surface area contributed by atoms with Crippen LogP contribution in [0.4, 0.5) is 5.00 Å². The second kappa shape index (κ2) is 3.87. The Morgan fingerprint density at radius 1 is 1.40 bits per heavy atom. The monoisotopic (exact) mass is 236 g/mol. The summed E-state index contributed by atoms with van der Waals surface area (Å²) in [5.74, 6) is 0. The topological polar surface area (TPSA) is 26.0 Å². The summed E-state index contributed by atoms with van der Waals surface area (Å²) in [6, 6.07) is 8.52. The molecule has 0 aliphatic heterocycles. The van der Waals surface area contributed by atoms with Crippen LogP contribution in [-0.4, -0.2) is 0 Å². The molecule has 1 heterocycles. The van der Waals surface area contributed by atoms with E-state index in [1.165, 1.54) is 10.4 Å². The zero-order valence-electron chi connectivity index (χ0n) is 8.60. The molecule has 1 nitrogen and oxygen atoms in total. The van der Waals surface area contributed by atoms with E-state index in [2.05, 4.69) is 19.9 Å². The van der Waals surface area contributed by atoms with Crippen molar-refractivity contribution >= 4 is 27.9 Å². The summed E-state index contributed by atoms with van der Waals surface area (Å²) in [6.07, 6.45) is 0. The van der Waals surface area contributed by atoms with Crippen molar-refractivity contribution in [2.45, 2.75) is 13.8 Å². The fraction of sp³-hybridized carbons (Fsp3) is 0.167. The third kappa shape index (κ3) is 1.75. The Morgan fingerprint density at radius 3 is 2.67 bits per heavy atom. The van der Waals surface area contributed by atoms with Crippen LogP contribution in [0, 0.1) is 19.9 Å². The van der Waals surface area contributed by atoms with Crippen LogP contribution >= 0.6 is 22.9 Å². The molecule has 0 amide bonds. The van der Waals surface area contributed by atoms with Gasteiger partial charge in [-0.25, -0.2) is 0 Å². The summed E-state index contributed by atoms with van der Waals surface area (Å²) in [7, 11) is 0. The lowest BCUT2D eigenvalue weighted by molar-refractivity contribution is 1.43. The standard InChI is InChI=1S/C12H11ClNS/c1-7-8(2)15-12(14)11(7)9-5-3-4-6-10(9)13/h3,5-6H,14H2,1-2H3. The van der Waals surface area contributed by atoms with Crippen LogP contribution in [0.1, 0.15) is 10.4 Å². The van der Waals surface area contributed by atoms with E-state index >= 15 is 0 Å².